The van der Waals surface area contributed by atoms with Crippen LogP contribution in [0.3, 0.4) is 0 Å². The summed E-state index contributed by atoms with van der Waals surface area (Å²) in [7, 11) is 0. The maximum atomic E-state index is 12.1. The standard InChI is InChI=1S/C10H10ClN3OS/c1-10(2,16)14-5-13-8-7(9(14)15)6(11)3-4-12-8/h3-5,16H,1-2H3. The number of thiol groups is 1. The fourth-order valence-corrected chi connectivity index (χ4v) is 1.76. The molecule has 2 aromatic rings. The van der Waals surface area contributed by atoms with Crippen LogP contribution >= 0.6 is 24.2 Å². The molecule has 0 N–H and O–H groups in total. The van der Waals surface area contributed by atoms with Crippen molar-refractivity contribution in [3.63, 3.8) is 0 Å². The summed E-state index contributed by atoms with van der Waals surface area (Å²) in [6, 6.07) is 1.57. The highest BCUT2D eigenvalue weighted by Gasteiger charge is 2.18. The van der Waals surface area contributed by atoms with Crippen LogP contribution in [0.4, 0.5) is 0 Å². The van der Waals surface area contributed by atoms with E-state index in [2.05, 4.69) is 22.6 Å². The number of hydrogen-bond acceptors (Lipinski definition) is 4. The normalized spacial score (nSPS) is 12.0. The van der Waals surface area contributed by atoms with Gasteiger partial charge in [-0.3, -0.25) is 9.36 Å². The summed E-state index contributed by atoms with van der Waals surface area (Å²) in [4.78, 5) is 19.6. The molecule has 2 aromatic heterocycles. The average Bonchev–Trinajstić information content (AvgIpc) is 2.16. The van der Waals surface area contributed by atoms with Crippen molar-refractivity contribution in [1.82, 2.24) is 14.5 Å². The van der Waals surface area contributed by atoms with Gasteiger partial charge < -0.3 is 0 Å². The van der Waals surface area contributed by atoms with Gasteiger partial charge in [0.05, 0.1) is 9.89 Å². The van der Waals surface area contributed by atoms with Gasteiger partial charge in [-0.25, -0.2) is 9.97 Å². The molecule has 4 nitrogen and oxygen atoms in total. The fraction of sp³-hybridized carbons (Fsp3) is 0.300. The summed E-state index contributed by atoms with van der Waals surface area (Å²) < 4.78 is 1.42. The first-order chi connectivity index (χ1) is 7.41. The maximum Gasteiger partial charge on any atom is 0.265 e. The maximum absolute atomic E-state index is 12.1. The molecule has 84 valence electrons. The third-order valence-corrected chi connectivity index (χ3v) is 2.73. The smallest absolute Gasteiger partial charge is 0.265 e. The van der Waals surface area contributed by atoms with E-state index in [9.17, 15) is 4.79 Å². The van der Waals surface area contributed by atoms with E-state index in [-0.39, 0.29) is 5.56 Å². The highest BCUT2D eigenvalue weighted by molar-refractivity contribution is 7.81. The minimum Gasteiger partial charge on any atom is -0.284 e. The van der Waals surface area contributed by atoms with Crippen molar-refractivity contribution in [2.75, 3.05) is 0 Å². The second-order valence-corrected chi connectivity index (χ2v) is 5.41. The highest BCUT2D eigenvalue weighted by atomic mass is 35.5. The SMILES string of the molecule is CC(C)(S)n1cnc2nccc(Cl)c2c1=O. The largest absolute Gasteiger partial charge is 0.284 e. The Kier molecular flexibility index (Phi) is 2.67. The molecule has 0 saturated carbocycles. The highest BCUT2D eigenvalue weighted by Crippen LogP contribution is 2.20. The quantitative estimate of drug-likeness (QED) is 0.794. The molecular formula is C10H10ClN3OS. The molecule has 0 aliphatic heterocycles. The molecule has 0 aromatic carbocycles. The van der Waals surface area contributed by atoms with Crippen LogP contribution in [0.2, 0.25) is 5.02 Å². The first-order valence-corrected chi connectivity index (χ1v) is 5.48. The molecule has 0 amide bonds. The van der Waals surface area contributed by atoms with Crippen molar-refractivity contribution in [2.24, 2.45) is 0 Å². The molecule has 0 bridgehead atoms. The zero-order chi connectivity index (χ0) is 11.9. The number of aromatic nitrogens is 3. The van der Waals surface area contributed by atoms with Gasteiger partial charge in [-0.05, 0) is 19.9 Å². The Morgan fingerprint density at radius 3 is 2.75 bits per heavy atom. The van der Waals surface area contributed by atoms with Crippen LogP contribution in [0.15, 0.2) is 23.4 Å². The van der Waals surface area contributed by atoms with E-state index in [1.54, 1.807) is 19.9 Å². The van der Waals surface area contributed by atoms with Crippen LogP contribution in [-0.2, 0) is 4.87 Å². The number of pyridine rings is 1. The molecular weight excluding hydrogens is 246 g/mol. The predicted molar refractivity (Wildman–Crippen MR) is 67.1 cm³/mol. The van der Waals surface area contributed by atoms with E-state index in [0.29, 0.717) is 16.1 Å². The summed E-state index contributed by atoms with van der Waals surface area (Å²) >= 11 is 10.3. The second kappa shape index (κ2) is 3.75. The fourth-order valence-electron chi connectivity index (χ4n) is 1.40. The lowest BCUT2D eigenvalue weighted by Gasteiger charge is -2.20. The molecule has 0 spiro atoms. The topological polar surface area (TPSA) is 47.8 Å². The van der Waals surface area contributed by atoms with Crippen LogP contribution in [0.25, 0.3) is 11.0 Å². The Labute approximate surface area is 103 Å². The van der Waals surface area contributed by atoms with Gasteiger partial charge in [-0.2, -0.15) is 12.6 Å². The van der Waals surface area contributed by atoms with Crippen LogP contribution in [-0.4, -0.2) is 14.5 Å². The van der Waals surface area contributed by atoms with Gasteiger partial charge in [-0.1, -0.05) is 11.6 Å². The predicted octanol–water partition coefficient (Wildman–Crippen LogP) is 2.07. The minimum absolute atomic E-state index is 0.233. The lowest BCUT2D eigenvalue weighted by molar-refractivity contribution is 0.519. The van der Waals surface area contributed by atoms with Crippen LogP contribution < -0.4 is 5.56 Å². The monoisotopic (exact) mass is 255 g/mol. The first kappa shape index (κ1) is 11.4. The molecule has 0 saturated heterocycles. The Bertz CT molecular complexity index is 603. The van der Waals surface area contributed by atoms with Crippen molar-refractivity contribution >= 4 is 35.3 Å². The van der Waals surface area contributed by atoms with Gasteiger partial charge in [0.2, 0.25) is 0 Å². The van der Waals surface area contributed by atoms with Crippen molar-refractivity contribution in [2.45, 2.75) is 18.7 Å². The number of fused-ring (bicyclic) bond motifs is 1. The lowest BCUT2D eigenvalue weighted by atomic mass is 10.3. The zero-order valence-electron chi connectivity index (χ0n) is 8.81. The van der Waals surface area contributed by atoms with Gasteiger partial charge in [0.25, 0.3) is 5.56 Å². The van der Waals surface area contributed by atoms with E-state index in [4.69, 9.17) is 11.6 Å². The van der Waals surface area contributed by atoms with Gasteiger partial charge in [0, 0.05) is 6.20 Å². The van der Waals surface area contributed by atoms with Gasteiger partial charge in [-0.15, -0.1) is 0 Å². The number of nitrogens with zero attached hydrogens (tertiary/aromatic N) is 3. The number of rotatable bonds is 1. The lowest BCUT2D eigenvalue weighted by Crippen LogP contribution is -2.32. The van der Waals surface area contributed by atoms with E-state index < -0.39 is 4.87 Å². The molecule has 2 heterocycles. The van der Waals surface area contributed by atoms with E-state index in [0.717, 1.165) is 0 Å². The van der Waals surface area contributed by atoms with E-state index in [1.165, 1.54) is 17.1 Å². The van der Waals surface area contributed by atoms with Crippen molar-refractivity contribution in [1.29, 1.82) is 0 Å². The van der Waals surface area contributed by atoms with Gasteiger partial charge >= 0.3 is 0 Å². The molecule has 0 aliphatic rings. The molecule has 0 unspecified atom stereocenters. The summed E-state index contributed by atoms with van der Waals surface area (Å²) in [6.45, 7) is 3.60. The summed E-state index contributed by atoms with van der Waals surface area (Å²) in [5.74, 6) is 0. The minimum atomic E-state index is -0.628. The van der Waals surface area contributed by atoms with E-state index in [1.807, 2.05) is 0 Å². The number of halogens is 1. The Morgan fingerprint density at radius 2 is 2.12 bits per heavy atom. The van der Waals surface area contributed by atoms with Gasteiger partial charge in [0.1, 0.15) is 11.7 Å². The molecule has 16 heavy (non-hydrogen) atoms. The first-order valence-electron chi connectivity index (χ1n) is 4.66. The van der Waals surface area contributed by atoms with Crippen LogP contribution in [0.1, 0.15) is 13.8 Å². The van der Waals surface area contributed by atoms with Crippen molar-refractivity contribution < 1.29 is 0 Å². The Morgan fingerprint density at radius 1 is 1.44 bits per heavy atom. The third-order valence-electron chi connectivity index (χ3n) is 2.20. The third kappa shape index (κ3) is 1.81. The molecule has 6 heteroatoms. The summed E-state index contributed by atoms with van der Waals surface area (Å²) in [5.41, 5.74) is 0.120. The molecule has 0 radical (unpaired) electrons. The zero-order valence-corrected chi connectivity index (χ0v) is 10.5. The summed E-state index contributed by atoms with van der Waals surface area (Å²) in [5, 5.41) is 0.684. The second-order valence-electron chi connectivity index (χ2n) is 3.91. The van der Waals surface area contributed by atoms with Gasteiger partial charge in [0.15, 0.2) is 5.65 Å². The van der Waals surface area contributed by atoms with Crippen LogP contribution in [0, 0.1) is 0 Å². The van der Waals surface area contributed by atoms with Crippen LogP contribution in [0.5, 0.6) is 0 Å². The molecule has 0 aliphatic carbocycles. The van der Waals surface area contributed by atoms with E-state index >= 15 is 0 Å². The molecule has 0 fully saturated rings. The summed E-state index contributed by atoms with van der Waals surface area (Å²) in [6.07, 6.45) is 2.95. The Balaban J connectivity index is 2.90. The Hall–Kier alpha value is -1.07. The molecule has 2 rings (SSSR count). The molecule has 0 atom stereocenters. The van der Waals surface area contributed by atoms with Crippen molar-refractivity contribution in [3.05, 3.63) is 34.0 Å². The number of hydrogen-bond donors (Lipinski definition) is 1. The average molecular weight is 256 g/mol. The van der Waals surface area contributed by atoms with Crippen molar-refractivity contribution in [3.8, 4) is 0 Å².